The normalized spacial score (nSPS) is 16.5. The van der Waals surface area contributed by atoms with Crippen LogP contribution >= 0.6 is 11.3 Å². The molecule has 3 aromatic rings. The maximum Gasteiger partial charge on any atom is 0.416 e. The Labute approximate surface area is 259 Å². The number of halogens is 7. The van der Waals surface area contributed by atoms with Gasteiger partial charge in [0.25, 0.3) is 0 Å². The summed E-state index contributed by atoms with van der Waals surface area (Å²) < 4.78 is 96.0. The van der Waals surface area contributed by atoms with Crippen molar-refractivity contribution >= 4 is 22.9 Å². The Hall–Kier alpha value is -3.51. The summed E-state index contributed by atoms with van der Waals surface area (Å²) in [5, 5.41) is 23.4. The van der Waals surface area contributed by atoms with Crippen LogP contribution in [0.2, 0.25) is 0 Å². The number of aryl methyl sites for hydroxylation is 1. The predicted octanol–water partition coefficient (Wildman–Crippen LogP) is 6.48. The number of piperazine rings is 1. The fourth-order valence-electron chi connectivity index (χ4n) is 5.41. The van der Waals surface area contributed by atoms with E-state index in [2.05, 4.69) is 11.4 Å². The molecule has 6 nitrogen and oxygen atoms in total. The smallest absolute Gasteiger partial charge is 0.395 e. The number of hydrogen-bond acceptors (Lipinski definition) is 6. The largest absolute Gasteiger partial charge is 0.416 e. The SMILES string of the molecule is Cc1cc(F)ccc1-c1sc(CN2CCNCC2CO)c(C#N)c1N(C)C(=O)C(C)(C)c1cc(C(F)(F)F)cc(C(F)(F)F)c1. The van der Waals surface area contributed by atoms with Crippen LogP contribution in [-0.2, 0) is 29.1 Å². The average molecular weight is 657 g/mol. The second-order valence-electron chi connectivity index (χ2n) is 11.4. The molecule has 2 N–H and O–H groups in total. The fraction of sp³-hybridized carbons (Fsp3) is 0.419. The highest BCUT2D eigenvalue weighted by molar-refractivity contribution is 7.16. The van der Waals surface area contributed by atoms with Gasteiger partial charge in [0, 0.05) is 44.1 Å². The number of nitrogens with zero attached hydrogens (tertiary/aromatic N) is 3. The van der Waals surface area contributed by atoms with Crippen molar-refractivity contribution in [1.82, 2.24) is 10.2 Å². The molecule has 4 rings (SSSR count). The average Bonchev–Trinajstić information content (AvgIpc) is 3.33. The summed E-state index contributed by atoms with van der Waals surface area (Å²) in [7, 11) is 1.30. The summed E-state index contributed by atoms with van der Waals surface area (Å²) in [6, 6.07) is 6.89. The Balaban J connectivity index is 1.88. The first-order valence-corrected chi connectivity index (χ1v) is 14.7. The first-order chi connectivity index (χ1) is 20.9. The van der Waals surface area contributed by atoms with Gasteiger partial charge in [-0.25, -0.2) is 4.39 Å². The third-order valence-corrected chi connectivity index (χ3v) is 9.21. The number of aliphatic hydroxyl groups excluding tert-OH is 1. The topological polar surface area (TPSA) is 79.6 Å². The summed E-state index contributed by atoms with van der Waals surface area (Å²) >= 11 is 1.17. The number of aliphatic hydroxyl groups is 1. The number of alkyl halides is 6. The number of thiophene rings is 1. The summed E-state index contributed by atoms with van der Waals surface area (Å²) in [6.07, 6.45) is -10.2. The second kappa shape index (κ2) is 12.7. The molecule has 1 unspecified atom stereocenters. The molecule has 242 valence electrons. The van der Waals surface area contributed by atoms with E-state index in [1.54, 1.807) is 6.92 Å². The van der Waals surface area contributed by atoms with Crippen LogP contribution in [0.15, 0.2) is 36.4 Å². The van der Waals surface area contributed by atoms with Gasteiger partial charge in [0.1, 0.15) is 11.9 Å². The highest BCUT2D eigenvalue weighted by Crippen LogP contribution is 2.46. The quantitative estimate of drug-likeness (QED) is 0.285. The lowest BCUT2D eigenvalue weighted by Crippen LogP contribution is -2.52. The molecule has 1 atom stereocenters. The molecule has 0 radical (unpaired) electrons. The molecule has 0 saturated carbocycles. The molecule has 0 aliphatic carbocycles. The van der Waals surface area contributed by atoms with Crippen LogP contribution in [0.1, 0.15) is 46.5 Å². The van der Waals surface area contributed by atoms with E-state index in [0.717, 1.165) is 4.90 Å². The molecule has 1 amide bonds. The van der Waals surface area contributed by atoms with Gasteiger partial charge in [0.2, 0.25) is 5.91 Å². The van der Waals surface area contributed by atoms with Crippen LogP contribution in [0.3, 0.4) is 0 Å². The molecule has 1 aliphatic rings. The zero-order chi connectivity index (χ0) is 33.5. The second-order valence-corrected chi connectivity index (χ2v) is 12.5. The number of carbonyl (C=O) groups is 1. The Kier molecular flexibility index (Phi) is 9.70. The van der Waals surface area contributed by atoms with Crippen molar-refractivity contribution in [2.75, 3.05) is 38.2 Å². The molecule has 1 aliphatic heterocycles. The van der Waals surface area contributed by atoms with E-state index >= 15 is 0 Å². The molecule has 1 saturated heterocycles. The molecule has 1 aromatic heterocycles. The Morgan fingerprint density at radius 1 is 1.09 bits per heavy atom. The number of carbonyl (C=O) groups excluding carboxylic acids is 1. The van der Waals surface area contributed by atoms with Gasteiger partial charge >= 0.3 is 12.4 Å². The lowest BCUT2D eigenvalue weighted by Gasteiger charge is -2.34. The number of nitrogens with one attached hydrogen (secondary N) is 1. The number of hydrogen-bond donors (Lipinski definition) is 2. The Morgan fingerprint density at radius 2 is 1.69 bits per heavy atom. The van der Waals surface area contributed by atoms with E-state index in [-0.39, 0.29) is 36.5 Å². The standard InChI is InChI=1S/C31H31F7N4O2S/c1-17-9-21(32)5-6-23(17)27-26(24(13-39)25(45-27)15-42-8-7-40-14-22(42)16-43)41(4)28(44)29(2,3)18-10-19(30(33,34)35)12-20(11-18)31(36,37)38/h5-6,9-12,22,40,43H,7-8,14-16H2,1-4H3. The number of rotatable bonds is 7. The summed E-state index contributed by atoms with van der Waals surface area (Å²) in [5.41, 5.74) is -4.37. The van der Waals surface area contributed by atoms with Crippen molar-refractivity contribution in [3.8, 4) is 16.5 Å². The molecular formula is C31H31F7N4O2S. The zero-order valence-corrected chi connectivity index (χ0v) is 25.6. The molecular weight excluding hydrogens is 625 g/mol. The maximum absolute atomic E-state index is 14.1. The van der Waals surface area contributed by atoms with E-state index in [1.165, 1.54) is 50.4 Å². The highest BCUT2D eigenvalue weighted by Gasteiger charge is 2.42. The summed E-state index contributed by atoms with van der Waals surface area (Å²) in [6.45, 7) is 5.83. The van der Waals surface area contributed by atoms with E-state index in [0.29, 0.717) is 52.6 Å². The molecule has 1 fully saturated rings. The van der Waals surface area contributed by atoms with Gasteiger partial charge in [-0.05, 0) is 67.8 Å². The van der Waals surface area contributed by atoms with Crippen molar-refractivity contribution in [2.45, 2.75) is 51.1 Å². The van der Waals surface area contributed by atoms with E-state index < -0.39 is 46.2 Å². The molecule has 0 spiro atoms. The Bertz CT molecular complexity index is 1590. The molecule has 0 bridgehead atoms. The van der Waals surface area contributed by atoms with Crippen LogP contribution in [-0.4, -0.2) is 55.2 Å². The predicted molar refractivity (Wildman–Crippen MR) is 156 cm³/mol. The van der Waals surface area contributed by atoms with Gasteiger partial charge in [-0.1, -0.05) is 6.07 Å². The third kappa shape index (κ3) is 7.01. The number of anilines is 1. The lowest BCUT2D eigenvalue weighted by atomic mass is 9.81. The molecule has 14 heteroatoms. The highest BCUT2D eigenvalue weighted by atomic mass is 32.1. The zero-order valence-electron chi connectivity index (χ0n) is 24.8. The minimum atomic E-state index is -5.11. The van der Waals surface area contributed by atoms with E-state index in [1.807, 2.05) is 4.90 Å². The first kappa shape index (κ1) is 34.4. The third-order valence-electron chi connectivity index (χ3n) is 8.01. The number of nitriles is 1. The van der Waals surface area contributed by atoms with Gasteiger partial charge in [-0.15, -0.1) is 11.3 Å². The number of amides is 1. The molecule has 45 heavy (non-hydrogen) atoms. The van der Waals surface area contributed by atoms with Gasteiger partial charge < -0.3 is 15.3 Å². The fourth-order valence-corrected chi connectivity index (χ4v) is 6.81. The van der Waals surface area contributed by atoms with Crippen LogP contribution in [0.25, 0.3) is 10.4 Å². The van der Waals surface area contributed by atoms with Crippen molar-refractivity contribution in [3.05, 3.63) is 74.9 Å². The first-order valence-electron chi connectivity index (χ1n) is 13.9. The molecule has 2 aromatic carbocycles. The van der Waals surface area contributed by atoms with Gasteiger partial charge in [-0.3, -0.25) is 9.69 Å². The minimum Gasteiger partial charge on any atom is -0.395 e. The number of likely N-dealkylation sites (N-methyl/N-ethyl adjacent to an activating group) is 1. The van der Waals surface area contributed by atoms with Gasteiger partial charge in [0.05, 0.1) is 39.3 Å². The van der Waals surface area contributed by atoms with Gasteiger partial charge in [0.15, 0.2) is 0 Å². The van der Waals surface area contributed by atoms with Gasteiger partial charge in [-0.2, -0.15) is 31.6 Å². The maximum atomic E-state index is 14.1. The Morgan fingerprint density at radius 3 is 2.22 bits per heavy atom. The lowest BCUT2D eigenvalue weighted by molar-refractivity contribution is -0.143. The van der Waals surface area contributed by atoms with Crippen LogP contribution < -0.4 is 10.2 Å². The van der Waals surface area contributed by atoms with Crippen molar-refractivity contribution < 1.29 is 40.6 Å². The van der Waals surface area contributed by atoms with Crippen molar-refractivity contribution in [2.24, 2.45) is 0 Å². The van der Waals surface area contributed by atoms with Crippen LogP contribution in [0.5, 0.6) is 0 Å². The van der Waals surface area contributed by atoms with E-state index in [4.69, 9.17) is 0 Å². The van der Waals surface area contributed by atoms with Crippen LogP contribution in [0, 0.1) is 24.1 Å². The van der Waals surface area contributed by atoms with E-state index in [9.17, 15) is 45.9 Å². The summed E-state index contributed by atoms with van der Waals surface area (Å²) in [4.78, 5) is 18.1. The van der Waals surface area contributed by atoms with Crippen molar-refractivity contribution in [3.63, 3.8) is 0 Å². The van der Waals surface area contributed by atoms with Crippen LogP contribution in [0.4, 0.5) is 36.4 Å². The summed E-state index contributed by atoms with van der Waals surface area (Å²) in [5.74, 6) is -1.38. The number of benzene rings is 2. The van der Waals surface area contributed by atoms with Crippen molar-refractivity contribution in [1.29, 1.82) is 5.26 Å². The monoisotopic (exact) mass is 656 g/mol. The molecule has 2 heterocycles. The minimum absolute atomic E-state index is 0.00210.